The van der Waals surface area contributed by atoms with E-state index in [1.54, 1.807) is 12.1 Å². The molecule has 0 spiro atoms. The summed E-state index contributed by atoms with van der Waals surface area (Å²) < 4.78 is 13.1. The molecule has 1 N–H and O–H groups in total. The van der Waals surface area contributed by atoms with Gasteiger partial charge in [-0.25, -0.2) is 4.39 Å². The molecule has 5 nitrogen and oxygen atoms in total. The fraction of sp³-hybridized carbons (Fsp3) is 0.261. The van der Waals surface area contributed by atoms with Crippen LogP contribution in [0.2, 0.25) is 0 Å². The second-order valence-electron chi connectivity index (χ2n) is 7.43. The molecule has 1 aliphatic heterocycles. The molecule has 1 saturated heterocycles. The maximum atomic E-state index is 13.1. The molecule has 148 valence electrons. The van der Waals surface area contributed by atoms with Crippen molar-refractivity contribution in [2.45, 2.75) is 19.8 Å². The first-order valence-corrected chi connectivity index (χ1v) is 9.80. The second kappa shape index (κ2) is 8.39. The Kier molecular flexibility index (Phi) is 5.51. The van der Waals surface area contributed by atoms with Crippen molar-refractivity contribution in [3.8, 4) is 11.3 Å². The van der Waals surface area contributed by atoms with Gasteiger partial charge >= 0.3 is 0 Å². The van der Waals surface area contributed by atoms with E-state index in [4.69, 9.17) is 0 Å². The van der Waals surface area contributed by atoms with Crippen LogP contribution >= 0.6 is 0 Å². The van der Waals surface area contributed by atoms with Crippen LogP contribution in [-0.4, -0.2) is 29.2 Å². The molecule has 0 unspecified atom stereocenters. The van der Waals surface area contributed by atoms with E-state index in [0.29, 0.717) is 12.2 Å². The van der Waals surface area contributed by atoms with E-state index in [1.165, 1.54) is 12.1 Å². The zero-order valence-corrected chi connectivity index (χ0v) is 16.3. The molecule has 1 aliphatic rings. The minimum Gasteiger partial charge on any atom is -0.354 e. The summed E-state index contributed by atoms with van der Waals surface area (Å²) in [5.74, 6) is 0.421. The van der Waals surface area contributed by atoms with Crippen LogP contribution in [0.1, 0.15) is 18.4 Å². The number of hydrogen-bond acceptors (Lipinski definition) is 4. The van der Waals surface area contributed by atoms with E-state index < -0.39 is 0 Å². The van der Waals surface area contributed by atoms with Gasteiger partial charge in [0.1, 0.15) is 5.82 Å². The Morgan fingerprint density at radius 3 is 2.66 bits per heavy atom. The number of amides is 1. The van der Waals surface area contributed by atoms with Crippen LogP contribution in [0.25, 0.3) is 11.3 Å². The number of halogens is 1. The first-order valence-electron chi connectivity index (χ1n) is 9.80. The molecule has 0 bridgehead atoms. The fourth-order valence-electron chi connectivity index (χ4n) is 3.63. The van der Waals surface area contributed by atoms with E-state index in [9.17, 15) is 9.18 Å². The first kappa shape index (κ1) is 19.1. The van der Waals surface area contributed by atoms with Gasteiger partial charge in [0.15, 0.2) is 5.82 Å². The van der Waals surface area contributed by atoms with Gasteiger partial charge < -0.3 is 10.2 Å². The highest BCUT2D eigenvalue weighted by atomic mass is 19.1. The van der Waals surface area contributed by atoms with Gasteiger partial charge in [-0.2, -0.15) is 0 Å². The largest absolute Gasteiger partial charge is 0.354 e. The minimum atomic E-state index is -0.276. The average molecular weight is 390 g/mol. The number of anilines is 2. The fourth-order valence-corrected chi connectivity index (χ4v) is 3.63. The third-order valence-corrected chi connectivity index (χ3v) is 5.19. The number of carbonyl (C=O) groups is 1. The number of aromatic nitrogens is 2. The predicted octanol–water partition coefficient (Wildman–Crippen LogP) is 4.45. The van der Waals surface area contributed by atoms with Gasteiger partial charge in [-0.05, 0) is 73.9 Å². The molecule has 2 aromatic carbocycles. The molecule has 6 heteroatoms. The third kappa shape index (κ3) is 4.59. The van der Waals surface area contributed by atoms with Crippen LogP contribution in [-0.2, 0) is 4.79 Å². The summed E-state index contributed by atoms with van der Waals surface area (Å²) >= 11 is 0. The lowest BCUT2D eigenvalue weighted by molar-refractivity contribution is -0.120. The van der Waals surface area contributed by atoms with Crippen molar-refractivity contribution in [3.05, 3.63) is 72.0 Å². The van der Waals surface area contributed by atoms with E-state index >= 15 is 0 Å². The molecular weight excluding hydrogens is 367 g/mol. The lowest BCUT2D eigenvalue weighted by Crippen LogP contribution is -2.41. The van der Waals surface area contributed by atoms with Crippen LogP contribution in [0.5, 0.6) is 0 Å². The van der Waals surface area contributed by atoms with Gasteiger partial charge in [-0.3, -0.25) is 4.79 Å². The normalized spacial score (nSPS) is 16.5. The van der Waals surface area contributed by atoms with E-state index in [2.05, 4.69) is 20.4 Å². The molecule has 0 saturated carbocycles. The number of benzene rings is 2. The second-order valence-corrected chi connectivity index (χ2v) is 7.43. The Bertz CT molecular complexity index is 989. The quantitative estimate of drug-likeness (QED) is 0.715. The molecule has 3 aromatic rings. The summed E-state index contributed by atoms with van der Waals surface area (Å²) in [5, 5.41) is 11.7. The topological polar surface area (TPSA) is 58.1 Å². The van der Waals surface area contributed by atoms with Gasteiger partial charge in [-0.15, -0.1) is 10.2 Å². The molecule has 0 aliphatic carbocycles. The number of carbonyl (C=O) groups excluding carboxylic acids is 1. The number of piperidine rings is 1. The van der Waals surface area contributed by atoms with E-state index in [-0.39, 0.29) is 17.6 Å². The molecule has 4 rings (SSSR count). The van der Waals surface area contributed by atoms with Crippen molar-refractivity contribution < 1.29 is 9.18 Å². The van der Waals surface area contributed by atoms with Crippen molar-refractivity contribution >= 4 is 17.4 Å². The molecule has 2 heterocycles. The summed E-state index contributed by atoms with van der Waals surface area (Å²) in [5.41, 5.74) is 3.46. The van der Waals surface area contributed by atoms with E-state index in [1.807, 2.05) is 43.3 Å². The SMILES string of the molecule is Cc1cccc(NC(=O)[C@@H]2CCCN(c3ccc(-c4ccc(F)cc4)nn3)C2)c1. The third-order valence-electron chi connectivity index (χ3n) is 5.19. The highest BCUT2D eigenvalue weighted by Crippen LogP contribution is 2.24. The highest BCUT2D eigenvalue weighted by Gasteiger charge is 2.26. The van der Waals surface area contributed by atoms with Gasteiger partial charge in [0.25, 0.3) is 0 Å². The molecular formula is C23H23FN4O. The Labute approximate surface area is 169 Å². The number of aryl methyl sites for hydroxylation is 1. The summed E-state index contributed by atoms with van der Waals surface area (Å²) in [6.45, 7) is 3.47. The highest BCUT2D eigenvalue weighted by molar-refractivity contribution is 5.93. The van der Waals surface area contributed by atoms with Crippen LogP contribution < -0.4 is 10.2 Å². The van der Waals surface area contributed by atoms with Crippen molar-refractivity contribution in [2.24, 2.45) is 5.92 Å². The number of nitrogens with one attached hydrogen (secondary N) is 1. The lowest BCUT2D eigenvalue weighted by atomic mass is 9.97. The molecule has 1 aromatic heterocycles. The zero-order valence-electron chi connectivity index (χ0n) is 16.3. The summed E-state index contributed by atoms with van der Waals surface area (Å²) in [6, 6.07) is 17.8. The molecule has 29 heavy (non-hydrogen) atoms. The Balaban J connectivity index is 1.42. The molecule has 1 atom stereocenters. The average Bonchev–Trinajstić information content (AvgIpc) is 2.74. The van der Waals surface area contributed by atoms with Crippen LogP contribution in [0, 0.1) is 18.7 Å². The van der Waals surface area contributed by atoms with Crippen molar-refractivity contribution in [1.29, 1.82) is 0 Å². The summed E-state index contributed by atoms with van der Waals surface area (Å²) in [7, 11) is 0. The van der Waals surface area contributed by atoms with Gasteiger partial charge in [0.05, 0.1) is 11.6 Å². The predicted molar refractivity (Wildman–Crippen MR) is 112 cm³/mol. The van der Waals surface area contributed by atoms with E-state index in [0.717, 1.165) is 42.0 Å². The minimum absolute atomic E-state index is 0.0381. The molecule has 0 radical (unpaired) electrons. The van der Waals surface area contributed by atoms with Crippen LogP contribution in [0.15, 0.2) is 60.7 Å². The smallest absolute Gasteiger partial charge is 0.229 e. The standard InChI is InChI=1S/C23H23FN4O/c1-16-4-2-6-20(14-16)25-23(29)18-5-3-13-28(15-18)22-12-11-21(26-27-22)17-7-9-19(24)10-8-17/h2,4,6-12,14,18H,3,5,13,15H2,1H3,(H,25,29)/t18-/m1/s1. The van der Waals surface area contributed by atoms with Crippen molar-refractivity contribution in [1.82, 2.24) is 10.2 Å². The maximum absolute atomic E-state index is 13.1. The lowest BCUT2D eigenvalue weighted by Gasteiger charge is -2.32. The molecule has 1 amide bonds. The van der Waals surface area contributed by atoms with Gasteiger partial charge in [-0.1, -0.05) is 12.1 Å². The zero-order chi connectivity index (χ0) is 20.2. The Hall–Kier alpha value is -3.28. The van der Waals surface area contributed by atoms with Gasteiger partial charge in [0, 0.05) is 24.3 Å². The maximum Gasteiger partial charge on any atom is 0.229 e. The molecule has 1 fully saturated rings. The number of nitrogens with zero attached hydrogens (tertiary/aromatic N) is 3. The van der Waals surface area contributed by atoms with Crippen molar-refractivity contribution in [3.63, 3.8) is 0 Å². The Morgan fingerprint density at radius 1 is 1.10 bits per heavy atom. The number of hydrogen-bond donors (Lipinski definition) is 1. The summed E-state index contributed by atoms with van der Waals surface area (Å²) in [6.07, 6.45) is 1.78. The van der Waals surface area contributed by atoms with Gasteiger partial charge in [0.2, 0.25) is 5.91 Å². The number of rotatable bonds is 4. The van der Waals surface area contributed by atoms with Crippen LogP contribution in [0.4, 0.5) is 15.9 Å². The van der Waals surface area contributed by atoms with Crippen LogP contribution in [0.3, 0.4) is 0 Å². The van der Waals surface area contributed by atoms with Crippen molar-refractivity contribution in [2.75, 3.05) is 23.3 Å². The monoisotopic (exact) mass is 390 g/mol. The first-order chi connectivity index (χ1) is 14.1. The summed E-state index contributed by atoms with van der Waals surface area (Å²) in [4.78, 5) is 14.8. The Morgan fingerprint density at radius 2 is 1.93 bits per heavy atom.